The van der Waals surface area contributed by atoms with Gasteiger partial charge in [-0.05, 0) is 24.6 Å². The summed E-state index contributed by atoms with van der Waals surface area (Å²) in [7, 11) is -3.69. The highest BCUT2D eigenvalue weighted by Gasteiger charge is 2.23. The zero-order valence-corrected chi connectivity index (χ0v) is 11.0. The minimum Gasteiger partial charge on any atom is -0.396 e. The van der Waals surface area contributed by atoms with Crippen LogP contribution >= 0.6 is 0 Å². The fourth-order valence-electron chi connectivity index (χ4n) is 1.53. The van der Waals surface area contributed by atoms with E-state index in [0.717, 1.165) is 12.1 Å². The van der Waals surface area contributed by atoms with Crippen LogP contribution in [0.25, 0.3) is 0 Å². The Balaban J connectivity index is 3.06. The summed E-state index contributed by atoms with van der Waals surface area (Å²) in [6.45, 7) is 2.10. The van der Waals surface area contributed by atoms with Crippen molar-refractivity contribution in [2.24, 2.45) is 0 Å². The number of anilines is 1. The molecule has 7 heteroatoms. The number of halogens is 1. The maximum atomic E-state index is 13.0. The molecular weight excluding hydrogens is 259 g/mol. The smallest absolute Gasteiger partial charge is 0.243 e. The Morgan fingerprint density at radius 2 is 2.11 bits per heavy atom. The molecule has 0 saturated carbocycles. The second kappa shape index (κ2) is 6.12. The zero-order valence-electron chi connectivity index (χ0n) is 10.1. The molecule has 0 aromatic heterocycles. The highest BCUT2D eigenvalue weighted by Crippen LogP contribution is 2.20. The third kappa shape index (κ3) is 3.18. The molecule has 5 nitrogen and oxygen atoms in total. The summed E-state index contributed by atoms with van der Waals surface area (Å²) in [5.41, 5.74) is 5.16. The number of nitrogens with zero attached hydrogens (tertiary/aromatic N) is 1. The van der Waals surface area contributed by atoms with E-state index in [2.05, 4.69) is 0 Å². The van der Waals surface area contributed by atoms with Crippen molar-refractivity contribution in [2.75, 3.05) is 25.4 Å². The maximum Gasteiger partial charge on any atom is 0.243 e. The molecule has 1 rings (SSSR count). The summed E-state index contributed by atoms with van der Waals surface area (Å²) in [5, 5.41) is 8.74. The van der Waals surface area contributed by atoms with E-state index in [-0.39, 0.29) is 30.3 Å². The zero-order chi connectivity index (χ0) is 13.8. The summed E-state index contributed by atoms with van der Waals surface area (Å²) in [5.74, 6) is -0.646. The molecule has 102 valence electrons. The van der Waals surface area contributed by atoms with Gasteiger partial charge in [0.15, 0.2) is 0 Å². The molecule has 0 aliphatic rings. The van der Waals surface area contributed by atoms with Gasteiger partial charge in [0.1, 0.15) is 5.82 Å². The SMILES string of the molecule is CCN(CCCO)S(=O)(=O)c1ccc(F)c(N)c1. The summed E-state index contributed by atoms with van der Waals surface area (Å²) >= 11 is 0. The average Bonchev–Trinajstić information content (AvgIpc) is 2.33. The lowest BCUT2D eigenvalue weighted by atomic mass is 10.3. The van der Waals surface area contributed by atoms with Gasteiger partial charge >= 0.3 is 0 Å². The van der Waals surface area contributed by atoms with Crippen LogP contribution in [-0.2, 0) is 10.0 Å². The second-order valence-corrected chi connectivity index (χ2v) is 5.70. The van der Waals surface area contributed by atoms with E-state index in [1.165, 1.54) is 10.4 Å². The van der Waals surface area contributed by atoms with Crippen LogP contribution in [0.2, 0.25) is 0 Å². The number of hydrogen-bond donors (Lipinski definition) is 2. The van der Waals surface area contributed by atoms with E-state index in [1.807, 2.05) is 0 Å². The number of rotatable bonds is 6. The quantitative estimate of drug-likeness (QED) is 0.753. The van der Waals surface area contributed by atoms with E-state index in [4.69, 9.17) is 10.8 Å². The molecule has 3 N–H and O–H groups in total. The van der Waals surface area contributed by atoms with E-state index < -0.39 is 15.8 Å². The first-order valence-electron chi connectivity index (χ1n) is 5.59. The first-order chi connectivity index (χ1) is 8.43. The fraction of sp³-hybridized carbons (Fsp3) is 0.455. The molecule has 0 aliphatic heterocycles. The summed E-state index contributed by atoms with van der Waals surface area (Å²) in [4.78, 5) is -0.0406. The Bertz CT molecular complexity index is 505. The van der Waals surface area contributed by atoms with Gasteiger partial charge < -0.3 is 10.8 Å². The third-order valence-electron chi connectivity index (χ3n) is 2.52. The van der Waals surface area contributed by atoms with Gasteiger partial charge in [0.05, 0.1) is 10.6 Å². The Morgan fingerprint density at radius 1 is 1.44 bits per heavy atom. The van der Waals surface area contributed by atoms with E-state index >= 15 is 0 Å². The van der Waals surface area contributed by atoms with Crippen LogP contribution in [0.1, 0.15) is 13.3 Å². The summed E-state index contributed by atoms with van der Waals surface area (Å²) in [6.07, 6.45) is 0.351. The van der Waals surface area contributed by atoms with Crippen LogP contribution in [0.15, 0.2) is 23.1 Å². The average molecular weight is 276 g/mol. The lowest BCUT2D eigenvalue weighted by Crippen LogP contribution is -2.32. The van der Waals surface area contributed by atoms with Gasteiger partial charge in [0, 0.05) is 19.7 Å². The monoisotopic (exact) mass is 276 g/mol. The van der Waals surface area contributed by atoms with Crippen molar-refractivity contribution in [1.29, 1.82) is 0 Å². The van der Waals surface area contributed by atoms with Crippen LogP contribution in [0.3, 0.4) is 0 Å². The molecule has 18 heavy (non-hydrogen) atoms. The van der Waals surface area contributed by atoms with E-state index in [0.29, 0.717) is 6.42 Å². The molecule has 0 saturated heterocycles. The minimum absolute atomic E-state index is 0.0406. The van der Waals surface area contributed by atoms with Gasteiger partial charge in [0.25, 0.3) is 0 Å². The van der Waals surface area contributed by atoms with Gasteiger partial charge in [-0.25, -0.2) is 12.8 Å². The van der Waals surface area contributed by atoms with Crippen molar-refractivity contribution in [3.8, 4) is 0 Å². The maximum absolute atomic E-state index is 13.0. The molecule has 0 fully saturated rings. The van der Waals surface area contributed by atoms with Gasteiger partial charge in [0.2, 0.25) is 10.0 Å². The predicted octanol–water partition coefficient (Wildman–Crippen LogP) is 0.801. The van der Waals surface area contributed by atoms with Gasteiger partial charge in [-0.2, -0.15) is 4.31 Å². The summed E-state index contributed by atoms with van der Waals surface area (Å²) < 4.78 is 38.6. The van der Waals surface area contributed by atoms with Gasteiger partial charge in [-0.15, -0.1) is 0 Å². The van der Waals surface area contributed by atoms with Crippen molar-refractivity contribution in [2.45, 2.75) is 18.2 Å². The Hall–Kier alpha value is -1.18. The van der Waals surface area contributed by atoms with Crippen LogP contribution in [-0.4, -0.2) is 37.5 Å². The number of nitrogen functional groups attached to an aromatic ring is 1. The van der Waals surface area contributed by atoms with E-state index in [1.54, 1.807) is 6.92 Å². The van der Waals surface area contributed by atoms with E-state index in [9.17, 15) is 12.8 Å². The first-order valence-corrected chi connectivity index (χ1v) is 7.03. The van der Waals surface area contributed by atoms with Crippen molar-refractivity contribution in [1.82, 2.24) is 4.31 Å². The first kappa shape index (κ1) is 14.9. The van der Waals surface area contributed by atoms with Crippen molar-refractivity contribution >= 4 is 15.7 Å². The number of nitrogens with two attached hydrogens (primary N) is 1. The molecule has 0 heterocycles. The van der Waals surface area contributed by atoms with Crippen LogP contribution in [0.4, 0.5) is 10.1 Å². The van der Waals surface area contributed by atoms with Gasteiger partial charge in [-0.3, -0.25) is 0 Å². The predicted molar refractivity (Wildman–Crippen MR) is 66.9 cm³/mol. The molecule has 0 spiro atoms. The van der Waals surface area contributed by atoms with Crippen molar-refractivity contribution in [3.63, 3.8) is 0 Å². The van der Waals surface area contributed by atoms with Crippen LogP contribution < -0.4 is 5.73 Å². The largest absolute Gasteiger partial charge is 0.396 e. The van der Waals surface area contributed by atoms with Crippen LogP contribution in [0.5, 0.6) is 0 Å². The number of sulfonamides is 1. The molecule has 0 bridgehead atoms. The molecule has 0 aliphatic carbocycles. The second-order valence-electron chi connectivity index (χ2n) is 3.76. The third-order valence-corrected chi connectivity index (χ3v) is 4.49. The van der Waals surface area contributed by atoms with Crippen molar-refractivity contribution < 1.29 is 17.9 Å². The topological polar surface area (TPSA) is 83.6 Å². The fourth-order valence-corrected chi connectivity index (χ4v) is 3.05. The molecule has 1 aromatic carbocycles. The number of benzene rings is 1. The molecule has 0 radical (unpaired) electrons. The molecule has 0 atom stereocenters. The minimum atomic E-state index is -3.69. The van der Waals surface area contributed by atoms with Crippen LogP contribution in [0, 0.1) is 5.82 Å². The van der Waals surface area contributed by atoms with Crippen molar-refractivity contribution in [3.05, 3.63) is 24.0 Å². The highest BCUT2D eigenvalue weighted by molar-refractivity contribution is 7.89. The Kier molecular flexibility index (Phi) is 5.06. The van der Waals surface area contributed by atoms with Gasteiger partial charge in [-0.1, -0.05) is 6.92 Å². The highest BCUT2D eigenvalue weighted by atomic mass is 32.2. The normalized spacial score (nSPS) is 12.0. The number of hydrogen-bond acceptors (Lipinski definition) is 4. The lowest BCUT2D eigenvalue weighted by Gasteiger charge is -2.20. The Morgan fingerprint density at radius 3 is 2.61 bits per heavy atom. The standard InChI is InChI=1S/C11H17FN2O3S/c1-2-14(6-3-7-15)18(16,17)9-4-5-10(12)11(13)8-9/h4-5,8,15H,2-3,6-7,13H2,1H3. The lowest BCUT2D eigenvalue weighted by molar-refractivity contribution is 0.271. The summed E-state index contributed by atoms with van der Waals surface area (Å²) in [6, 6.07) is 3.32. The number of aliphatic hydroxyl groups excluding tert-OH is 1. The molecular formula is C11H17FN2O3S. The molecule has 1 aromatic rings. The molecule has 0 amide bonds. The Labute approximate surface area is 106 Å². The molecule has 0 unspecified atom stereocenters. The number of aliphatic hydroxyl groups is 1.